The van der Waals surface area contributed by atoms with Crippen LogP contribution in [0.1, 0.15) is 40.2 Å². The van der Waals surface area contributed by atoms with E-state index < -0.39 is 17.2 Å². The van der Waals surface area contributed by atoms with Crippen LogP contribution in [-0.4, -0.2) is 26.7 Å². The minimum absolute atomic E-state index is 0.0749. The quantitative estimate of drug-likeness (QED) is 0.595. The van der Waals surface area contributed by atoms with Crippen LogP contribution in [0, 0.1) is 5.92 Å². The Balaban J connectivity index is 2.57. The summed E-state index contributed by atoms with van der Waals surface area (Å²) in [5.41, 5.74) is 5.52. The molecule has 1 aromatic carbocycles. The van der Waals surface area contributed by atoms with Crippen molar-refractivity contribution in [3.05, 3.63) is 34.6 Å². The topological polar surface area (TPSA) is 107 Å². The van der Waals surface area contributed by atoms with Crippen LogP contribution in [0.4, 0.5) is 4.79 Å². The summed E-state index contributed by atoms with van der Waals surface area (Å²) >= 11 is 1.18. The summed E-state index contributed by atoms with van der Waals surface area (Å²) in [6.45, 7) is 7.66. The summed E-state index contributed by atoms with van der Waals surface area (Å²) in [5.74, 6) is -0.580. The molecule has 0 radical (unpaired) electrons. The Morgan fingerprint density at radius 2 is 1.92 bits per heavy atom. The molecule has 3 N–H and O–H groups in total. The lowest BCUT2D eigenvalue weighted by Gasteiger charge is -2.23. The normalized spacial score (nSPS) is 13.6. The van der Waals surface area contributed by atoms with Gasteiger partial charge in [-0.05, 0) is 31.4 Å². The number of carbonyl (C=O) groups is 2. The van der Waals surface area contributed by atoms with E-state index in [0.29, 0.717) is 16.1 Å². The molecule has 3 amide bonds. The molecule has 2 rings (SSSR count). The van der Waals surface area contributed by atoms with Gasteiger partial charge in [-0.3, -0.25) is 19.5 Å². The van der Waals surface area contributed by atoms with E-state index in [1.807, 2.05) is 33.8 Å². The molecule has 7 nitrogen and oxygen atoms in total. The zero-order chi connectivity index (χ0) is 19.4. The Hall–Kier alpha value is -2.35. The Kier molecular flexibility index (Phi) is 6.42. The molecule has 140 valence electrons. The van der Waals surface area contributed by atoms with Gasteiger partial charge in [0.25, 0.3) is 5.56 Å². The van der Waals surface area contributed by atoms with E-state index in [2.05, 4.69) is 10.3 Å². The van der Waals surface area contributed by atoms with Gasteiger partial charge in [0, 0.05) is 6.04 Å². The second-order valence-electron chi connectivity index (χ2n) is 6.48. The van der Waals surface area contributed by atoms with Gasteiger partial charge in [0.15, 0.2) is 5.16 Å². The van der Waals surface area contributed by atoms with E-state index in [4.69, 9.17) is 5.73 Å². The van der Waals surface area contributed by atoms with Gasteiger partial charge >= 0.3 is 6.03 Å². The third kappa shape index (κ3) is 4.24. The molecular weight excluding hydrogens is 352 g/mol. The number of nitrogens with zero attached hydrogens (tertiary/aromatic N) is 2. The fourth-order valence-electron chi connectivity index (χ4n) is 2.58. The van der Waals surface area contributed by atoms with Crippen molar-refractivity contribution >= 4 is 34.6 Å². The smallest absolute Gasteiger partial charge is 0.318 e. The lowest BCUT2D eigenvalue weighted by molar-refractivity contribution is -0.120. The number of rotatable bonds is 6. The standard InChI is InChI=1S/C18H24N4O3S/c1-5-11(4)22-16(24)12-8-6-7-9-13(12)20-18(22)26-14(10(2)3)15(23)21-17(19)25/h6-11,14H,5H2,1-4H3,(H3,19,21,23,25)/t11-,14+/m0/s1. The van der Waals surface area contributed by atoms with Gasteiger partial charge < -0.3 is 5.73 Å². The number of imide groups is 1. The maximum Gasteiger partial charge on any atom is 0.318 e. The molecule has 0 fully saturated rings. The largest absolute Gasteiger partial charge is 0.351 e. The van der Waals surface area contributed by atoms with Crippen molar-refractivity contribution in [2.45, 2.75) is 50.6 Å². The van der Waals surface area contributed by atoms with Crippen LogP contribution in [0.15, 0.2) is 34.2 Å². The molecule has 0 saturated heterocycles. The lowest BCUT2D eigenvalue weighted by atomic mass is 10.1. The Morgan fingerprint density at radius 3 is 2.50 bits per heavy atom. The monoisotopic (exact) mass is 376 g/mol. The molecule has 0 spiro atoms. The SMILES string of the molecule is CC[C@H](C)n1c(S[C@@H](C(=O)NC(N)=O)C(C)C)nc2ccccc2c1=O. The lowest BCUT2D eigenvalue weighted by Crippen LogP contribution is -2.42. The molecule has 1 heterocycles. The number of nitrogens with one attached hydrogen (secondary N) is 1. The van der Waals surface area contributed by atoms with E-state index in [9.17, 15) is 14.4 Å². The van der Waals surface area contributed by atoms with Gasteiger partial charge in [-0.2, -0.15) is 0 Å². The summed E-state index contributed by atoms with van der Waals surface area (Å²) in [4.78, 5) is 41.0. The number of urea groups is 1. The second kappa shape index (κ2) is 8.35. The van der Waals surface area contributed by atoms with Gasteiger partial charge in [-0.25, -0.2) is 9.78 Å². The van der Waals surface area contributed by atoms with Crippen LogP contribution in [0.3, 0.4) is 0 Å². The van der Waals surface area contributed by atoms with Crippen LogP contribution < -0.4 is 16.6 Å². The highest BCUT2D eigenvalue weighted by Gasteiger charge is 2.28. The van der Waals surface area contributed by atoms with Crippen molar-refractivity contribution in [1.29, 1.82) is 0 Å². The van der Waals surface area contributed by atoms with Gasteiger partial charge in [-0.15, -0.1) is 0 Å². The number of para-hydroxylation sites is 1. The summed E-state index contributed by atoms with van der Waals surface area (Å²) in [6, 6.07) is 6.17. The van der Waals surface area contributed by atoms with E-state index in [0.717, 1.165) is 6.42 Å². The first-order valence-electron chi connectivity index (χ1n) is 8.54. The number of amides is 3. The molecule has 0 saturated carbocycles. The van der Waals surface area contributed by atoms with Gasteiger partial charge in [-0.1, -0.05) is 44.7 Å². The van der Waals surface area contributed by atoms with Gasteiger partial charge in [0.1, 0.15) is 0 Å². The van der Waals surface area contributed by atoms with Crippen molar-refractivity contribution in [1.82, 2.24) is 14.9 Å². The van der Waals surface area contributed by atoms with E-state index in [-0.39, 0.29) is 17.5 Å². The first-order chi connectivity index (χ1) is 12.3. The summed E-state index contributed by atoms with van der Waals surface area (Å²) in [6.07, 6.45) is 0.743. The predicted molar refractivity (Wildman–Crippen MR) is 103 cm³/mol. The number of thioether (sulfide) groups is 1. The summed E-state index contributed by atoms with van der Waals surface area (Å²) < 4.78 is 1.62. The highest BCUT2D eigenvalue weighted by Crippen LogP contribution is 2.29. The van der Waals surface area contributed by atoms with Crippen LogP contribution in [0.5, 0.6) is 0 Å². The third-order valence-electron chi connectivity index (χ3n) is 4.15. The van der Waals surface area contributed by atoms with E-state index >= 15 is 0 Å². The van der Waals surface area contributed by atoms with Gasteiger partial charge in [0.2, 0.25) is 5.91 Å². The van der Waals surface area contributed by atoms with Crippen molar-refractivity contribution in [2.24, 2.45) is 11.7 Å². The van der Waals surface area contributed by atoms with Crippen LogP contribution in [0.2, 0.25) is 0 Å². The summed E-state index contributed by atoms with van der Waals surface area (Å²) in [7, 11) is 0. The number of benzene rings is 1. The molecule has 0 aliphatic heterocycles. The molecule has 1 aromatic heterocycles. The first kappa shape index (κ1) is 20.0. The van der Waals surface area contributed by atoms with Crippen molar-refractivity contribution in [3.8, 4) is 0 Å². The van der Waals surface area contributed by atoms with Gasteiger partial charge in [0.05, 0.1) is 16.2 Å². The van der Waals surface area contributed by atoms with E-state index in [1.54, 1.807) is 22.8 Å². The number of hydrogen-bond acceptors (Lipinski definition) is 5. The Bertz CT molecular complexity index is 878. The number of aromatic nitrogens is 2. The number of hydrogen-bond donors (Lipinski definition) is 2. The van der Waals surface area contributed by atoms with Crippen LogP contribution in [-0.2, 0) is 4.79 Å². The zero-order valence-electron chi connectivity index (χ0n) is 15.4. The van der Waals surface area contributed by atoms with Crippen molar-refractivity contribution < 1.29 is 9.59 Å². The second-order valence-corrected chi connectivity index (χ2v) is 7.59. The molecule has 0 bridgehead atoms. The maximum absolute atomic E-state index is 13.0. The van der Waals surface area contributed by atoms with E-state index in [1.165, 1.54) is 11.8 Å². The Labute approximate surface area is 156 Å². The minimum atomic E-state index is -0.896. The number of carbonyl (C=O) groups excluding carboxylic acids is 2. The average molecular weight is 376 g/mol. The highest BCUT2D eigenvalue weighted by molar-refractivity contribution is 8.00. The molecule has 26 heavy (non-hydrogen) atoms. The van der Waals surface area contributed by atoms with Crippen LogP contribution in [0.25, 0.3) is 10.9 Å². The molecule has 0 unspecified atom stereocenters. The molecular formula is C18H24N4O3S. The molecule has 8 heteroatoms. The molecule has 0 aliphatic rings. The predicted octanol–water partition coefficient (Wildman–Crippen LogP) is 2.68. The average Bonchev–Trinajstić information content (AvgIpc) is 2.58. The Morgan fingerprint density at radius 1 is 1.27 bits per heavy atom. The number of nitrogens with two attached hydrogens (primary N) is 1. The van der Waals surface area contributed by atoms with Crippen LogP contribution >= 0.6 is 11.8 Å². The zero-order valence-corrected chi connectivity index (χ0v) is 16.2. The summed E-state index contributed by atoms with van der Waals surface area (Å²) in [5, 5.41) is 2.52. The first-order valence-corrected chi connectivity index (χ1v) is 9.42. The molecule has 2 aromatic rings. The fourth-order valence-corrected chi connectivity index (χ4v) is 3.77. The third-order valence-corrected chi connectivity index (χ3v) is 5.66. The molecule has 2 atom stereocenters. The highest BCUT2D eigenvalue weighted by atomic mass is 32.2. The number of fused-ring (bicyclic) bond motifs is 1. The molecule has 0 aliphatic carbocycles. The maximum atomic E-state index is 13.0. The minimum Gasteiger partial charge on any atom is -0.351 e. The van der Waals surface area contributed by atoms with Crippen molar-refractivity contribution in [3.63, 3.8) is 0 Å². The van der Waals surface area contributed by atoms with Crippen molar-refractivity contribution in [2.75, 3.05) is 0 Å². The number of primary amides is 1. The fraction of sp³-hybridized carbons (Fsp3) is 0.444.